The molecule has 1 aliphatic rings. The predicted molar refractivity (Wildman–Crippen MR) is 150 cm³/mol. The first-order chi connectivity index (χ1) is 18.2. The van der Waals surface area contributed by atoms with Gasteiger partial charge in [0, 0.05) is 4.47 Å². The number of fused-ring (bicyclic) bond motifs is 1. The molecular weight excluding hydrogens is 596 g/mol. The van der Waals surface area contributed by atoms with Gasteiger partial charge in [-0.3, -0.25) is 9.36 Å². The molecule has 38 heavy (non-hydrogen) atoms. The molecule has 11 heteroatoms. The quantitative estimate of drug-likeness (QED) is 0.341. The summed E-state index contributed by atoms with van der Waals surface area (Å²) in [6.07, 6.45) is 1.75. The summed E-state index contributed by atoms with van der Waals surface area (Å²) in [5, 5.41) is 0.445. The lowest BCUT2D eigenvalue weighted by atomic mass is 9.95. The number of carbonyl (C=O) groups excluding carboxylic acids is 1. The summed E-state index contributed by atoms with van der Waals surface area (Å²) in [6.45, 7) is 6.01. The molecule has 4 rings (SSSR count). The van der Waals surface area contributed by atoms with E-state index in [9.17, 15) is 9.59 Å². The molecule has 3 aromatic rings. The molecule has 200 valence electrons. The van der Waals surface area contributed by atoms with Crippen LogP contribution in [-0.2, 0) is 9.53 Å². The number of halogens is 2. The van der Waals surface area contributed by atoms with E-state index in [-0.39, 0.29) is 17.7 Å². The van der Waals surface area contributed by atoms with Crippen molar-refractivity contribution >= 4 is 50.9 Å². The van der Waals surface area contributed by atoms with Crippen LogP contribution in [0, 0.1) is 0 Å². The van der Waals surface area contributed by atoms with Gasteiger partial charge >= 0.3 is 5.97 Å². The minimum absolute atomic E-state index is 0.179. The monoisotopic (exact) mass is 620 g/mol. The number of rotatable bonds is 8. The van der Waals surface area contributed by atoms with Crippen LogP contribution in [0.15, 0.2) is 55.9 Å². The molecule has 1 aromatic heterocycles. The summed E-state index contributed by atoms with van der Waals surface area (Å²) < 4.78 is 24.4. The molecule has 0 N–H and O–H groups in total. The Morgan fingerprint density at radius 3 is 2.47 bits per heavy atom. The fourth-order valence-electron chi connectivity index (χ4n) is 4.20. The van der Waals surface area contributed by atoms with Gasteiger partial charge in [-0.2, -0.15) is 0 Å². The second kappa shape index (κ2) is 11.8. The number of ether oxygens (including phenoxy) is 4. The van der Waals surface area contributed by atoms with Crippen LogP contribution in [0.4, 0.5) is 0 Å². The first-order valence-electron chi connectivity index (χ1n) is 11.8. The molecule has 0 amide bonds. The number of esters is 1. The van der Waals surface area contributed by atoms with Crippen molar-refractivity contribution in [1.29, 1.82) is 0 Å². The molecule has 0 bridgehead atoms. The normalized spacial score (nSPS) is 15.1. The Kier molecular flexibility index (Phi) is 8.64. The maximum Gasteiger partial charge on any atom is 0.338 e. The molecule has 0 saturated heterocycles. The van der Waals surface area contributed by atoms with Crippen LogP contribution >= 0.6 is 38.9 Å². The Hall–Kier alpha value is -3.08. The van der Waals surface area contributed by atoms with Gasteiger partial charge in [-0.15, -0.1) is 0 Å². The molecule has 1 aliphatic heterocycles. The standard InChI is InChI=1S/C27H26BrClN2O6S/c1-6-36-19-9-8-15(10-18(19)29)11-22-25(32)31-24(16-12-20(34-4)21(35-5)13-17(16)28)23(26(33)37-7-2)14(3)30-27(31)38-22/h8-13,24H,6-7H2,1-5H3/b22-11-/t24-/m0/s1. The van der Waals surface area contributed by atoms with E-state index in [1.807, 2.05) is 13.0 Å². The van der Waals surface area contributed by atoms with Crippen LogP contribution in [0.1, 0.15) is 37.9 Å². The zero-order valence-corrected chi connectivity index (χ0v) is 24.6. The molecule has 0 radical (unpaired) electrons. The van der Waals surface area contributed by atoms with Gasteiger partial charge in [0.25, 0.3) is 5.56 Å². The summed E-state index contributed by atoms with van der Waals surface area (Å²) in [5.41, 5.74) is 1.78. The van der Waals surface area contributed by atoms with Gasteiger partial charge in [0.05, 0.1) is 54.3 Å². The Labute approximate surface area is 236 Å². The van der Waals surface area contributed by atoms with E-state index in [0.717, 1.165) is 5.56 Å². The molecule has 0 saturated carbocycles. The lowest BCUT2D eigenvalue weighted by molar-refractivity contribution is -0.139. The largest absolute Gasteiger partial charge is 0.493 e. The van der Waals surface area contributed by atoms with Gasteiger partial charge in [-0.05, 0) is 62.2 Å². The number of hydrogen-bond acceptors (Lipinski definition) is 8. The molecule has 2 aromatic carbocycles. The number of methoxy groups -OCH3 is 2. The van der Waals surface area contributed by atoms with Crippen molar-refractivity contribution < 1.29 is 23.7 Å². The van der Waals surface area contributed by atoms with Gasteiger partial charge in [-0.1, -0.05) is 44.9 Å². The van der Waals surface area contributed by atoms with E-state index >= 15 is 0 Å². The van der Waals surface area contributed by atoms with Gasteiger partial charge in [0.1, 0.15) is 5.75 Å². The summed E-state index contributed by atoms with van der Waals surface area (Å²) in [4.78, 5) is 32.1. The van der Waals surface area contributed by atoms with E-state index in [0.29, 0.717) is 53.9 Å². The Bertz CT molecular complexity index is 1610. The Morgan fingerprint density at radius 2 is 1.84 bits per heavy atom. The third-order valence-corrected chi connectivity index (χ3v) is 7.83. The minimum Gasteiger partial charge on any atom is -0.493 e. The van der Waals surface area contributed by atoms with Crippen molar-refractivity contribution in [2.75, 3.05) is 27.4 Å². The SMILES string of the molecule is CCOC(=O)C1=C(C)N=c2s/c(=C\c3ccc(OCC)c(Cl)c3)c(=O)n2[C@H]1c1cc(OC)c(OC)cc1Br. The van der Waals surface area contributed by atoms with Crippen molar-refractivity contribution in [2.45, 2.75) is 26.8 Å². The van der Waals surface area contributed by atoms with E-state index in [1.165, 1.54) is 30.1 Å². The van der Waals surface area contributed by atoms with E-state index < -0.39 is 12.0 Å². The Balaban J connectivity index is 1.96. The van der Waals surface area contributed by atoms with Gasteiger partial charge < -0.3 is 18.9 Å². The second-order valence-electron chi connectivity index (χ2n) is 8.15. The second-order valence-corrected chi connectivity index (χ2v) is 10.4. The third-order valence-electron chi connectivity index (χ3n) is 5.87. The summed E-state index contributed by atoms with van der Waals surface area (Å²) in [7, 11) is 3.06. The molecular formula is C27H26BrClN2O6S. The average Bonchev–Trinajstić information content (AvgIpc) is 3.19. The zero-order chi connectivity index (χ0) is 27.6. The van der Waals surface area contributed by atoms with Crippen molar-refractivity contribution in [3.8, 4) is 17.2 Å². The maximum absolute atomic E-state index is 13.9. The molecule has 0 aliphatic carbocycles. The van der Waals surface area contributed by atoms with Crippen LogP contribution in [0.3, 0.4) is 0 Å². The smallest absolute Gasteiger partial charge is 0.338 e. The highest BCUT2D eigenvalue weighted by atomic mass is 79.9. The van der Waals surface area contributed by atoms with Crippen molar-refractivity contribution in [3.05, 3.63) is 81.9 Å². The van der Waals surface area contributed by atoms with Crippen molar-refractivity contribution in [2.24, 2.45) is 4.99 Å². The van der Waals surface area contributed by atoms with E-state index in [2.05, 4.69) is 20.9 Å². The number of allylic oxidation sites excluding steroid dienone is 1. The lowest BCUT2D eigenvalue weighted by Gasteiger charge is -2.26. The highest BCUT2D eigenvalue weighted by Crippen LogP contribution is 2.40. The number of nitrogens with zero attached hydrogens (tertiary/aromatic N) is 2. The number of benzene rings is 2. The maximum atomic E-state index is 13.9. The zero-order valence-electron chi connectivity index (χ0n) is 21.5. The Morgan fingerprint density at radius 1 is 1.13 bits per heavy atom. The van der Waals surface area contributed by atoms with E-state index in [4.69, 9.17) is 30.5 Å². The molecule has 0 unspecified atom stereocenters. The van der Waals surface area contributed by atoms with Crippen molar-refractivity contribution in [3.63, 3.8) is 0 Å². The molecule has 1 atom stereocenters. The number of hydrogen-bond donors (Lipinski definition) is 0. The summed E-state index contributed by atoms with van der Waals surface area (Å²) >= 11 is 11.2. The van der Waals surface area contributed by atoms with Gasteiger partial charge in [0.2, 0.25) is 0 Å². The summed E-state index contributed by atoms with van der Waals surface area (Å²) in [5.74, 6) is 0.977. The number of carbonyl (C=O) groups is 1. The van der Waals surface area contributed by atoms with Crippen LogP contribution in [0.5, 0.6) is 17.2 Å². The molecule has 0 spiro atoms. The van der Waals surface area contributed by atoms with Crippen molar-refractivity contribution in [1.82, 2.24) is 4.57 Å². The van der Waals surface area contributed by atoms with Crippen LogP contribution in [0.25, 0.3) is 6.08 Å². The van der Waals surface area contributed by atoms with Gasteiger partial charge in [-0.25, -0.2) is 9.79 Å². The highest BCUT2D eigenvalue weighted by molar-refractivity contribution is 9.10. The van der Waals surface area contributed by atoms with Crippen LogP contribution in [-0.4, -0.2) is 38.0 Å². The number of thiazole rings is 1. The molecule has 2 heterocycles. The average molecular weight is 622 g/mol. The fourth-order valence-corrected chi connectivity index (χ4v) is 6.03. The highest BCUT2D eigenvalue weighted by Gasteiger charge is 2.35. The third kappa shape index (κ3) is 5.25. The number of aromatic nitrogens is 1. The molecule has 8 nitrogen and oxygen atoms in total. The first kappa shape index (κ1) is 27.9. The first-order valence-corrected chi connectivity index (χ1v) is 13.8. The summed E-state index contributed by atoms with van der Waals surface area (Å²) in [6, 6.07) is 8.00. The van der Waals surface area contributed by atoms with Crippen LogP contribution in [0.2, 0.25) is 5.02 Å². The van der Waals surface area contributed by atoms with Gasteiger partial charge in [0.15, 0.2) is 16.3 Å². The van der Waals surface area contributed by atoms with Crippen LogP contribution < -0.4 is 29.1 Å². The predicted octanol–water partition coefficient (Wildman–Crippen LogP) is 4.63. The fraction of sp³-hybridized carbons (Fsp3) is 0.296. The lowest BCUT2D eigenvalue weighted by Crippen LogP contribution is -2.40. The topological polar surface area (TPSA) is 88.4 Å². The minimum atomic E-state index is -0.814. The molecule has 0 fully saturated rings. The van der Waals surface area contributed by atoms with E-state index in [1.54, 1.807) is 44.2 Å².